The third-order valence-electron chi connectivity index (χ3n) is 2.85. The smallest absolute Gasteiger partial charge is 0.333 e. The predicted octanol–water partition coefficient (Wildman–Crippen LogP) is 3.28. The normalized spacial score (nSPS) is 13.2. The minimum atomic E-state index is -0.347. The third kappa shape index (κ3) is 8.51. The fraction of sp³-hybridized carbons (Fsp3) is 0.625. The van der Waals surface area contributed by atoms with Gasteiger partial charge in [0, 0.05) is 11.1 Å². The minimum absolute atomic E-state index is 0.276. The van der Waals surface area contributed by atoms with E-state index in [4.69, 9.17) is 9.47 Å². The first kappa shape index (κ1) is 18.4. The van der Waals surface area contributed by atoms with Crippen LogP contribution >= 0.6 is 0 Å². The monoisotopic (exact) mass is 282 g/mol. The van der Waals surface area contributed by atoms with Crippen LogP contribution in [0.1, 0.15) is 40.5 Å². The van der Waals surface area contributed by atoms with Gasteiger partial charge in [0.1, 0.15) is 0 Å². The molecule has 0 saturated heterocycles. The standard InChI is InChI=1S/C16H26O4/c1-11(2)15(17)19-9-13(5)7-8-14(6)10-20-16(18)12(3)4/h13-14H,1,3,7-10H2,2,4-6H3. The molecular weight excluding hydrogens is 256 g/mol. The van der Waals surface area contributed by atoms with E-state index in [0.717, 1.165) is 12.8 Å². The van der Waals surface area contributed by atoms with E-state index in [1.807, 2.05) is 13.8 Å². The van der Waals surface area contributed by atoms with Gasteiger partial charge >= 0.3 is 11.9 Å². The summed E-state index contributed by atoms with van der Waals surface area (Å²) in [5.74, 6) is -0.143. The Hall–Kier alpha value is -1.58. The first-order valence-electron chi connectivity index (χ1n) is 6.89. The Kier molecular flexibility index (Phi) is 8.61. The molecule has 0 aliphatic heterocycles. The van der Waals surface area contributed by atoms with Crippen molar-refractivity contribution in [2.45, 2.75) is 40.5 Å². The van der Waals surface area contributed by atoms with Crippen LogP contribution in [0.25, 0.3) is 0 Å². The number of rotatable bonds is 9. The zero-order chi connectivity index (χ0) is 15.7. The van der Waals surface area contributed by atoms with Gasteiger partial charge in [-0.15, -0.1) is 0 Å². The Labute approximate surface area is 121 Å². The second kappa shape index (κ2) is 9.34. The second-order valence-corrected chi connectivity index (χ2v) is 5.55. The highest BCUT2D eigenvalue weighted by Crippen LogP contribution is 2.14. The van der Waals surface area contributed by atoms with Crippen molar-refractivity contribution in [2.24, 2.45) is 11.8 Å². The van der Waals surface area contributed by atoms with Crippen molar-refractivity contribution in [2.75, 3.05) is 13.2 Å². The van der Waals surface area contributed by atoms with Gasteiger partial charge in [0.25, 0.3) is 0 Å². The molecule has 0 aliphatic rings. The van der Waals surface area contributed by atoms with E-state index >= 15 is 0 Å². The summed E-state index contributed by atoms with van der Waals surface area (Å²) in [5.41, 5.74) is 0.828. The number of ether oxygens (including phenoxy) is 2. The lowest BCUT2D eigenvalue weighted by Crippen LogP contribution is -2.15. The van der Waals surface area contributed by atoms with Crippen molar-refractivity contribution in [3.05, 3.63) is 24.3 Å². The Morgan fingerprint density at radius 1 is 0.850 bits per heavy atom. The van der Waals surface area contributed by atoms with E-state index < -0.39 is 0 Å². The van der Waals surface area contributed by atoms with E-state index in [9.17, 15) is 9.59 Å². The molecule has 0 saturated carbocycles. The molecule has 20 heavy (non-hydrogen) atoms. The third-order valence-corrected chi connectivity index (χ3v) is 2.85. The lowest BCUT2D eigenvalue weighted by Gasteiger charge is -2.16. The molecule has 0 radical (unpaired) electrons. The summed E-state index contributed by atoms with van der Waals surface area (Å²) in [5, 5.41) is 0. The van der Waals surface area contributed by atoms with Crippen LogP contribution in [0.5, 0.6) is 0 Å². The van der Waals surface area contributed by atoms with Crippen LogP contribution in [0.3, 0.4) is 0 Å². The highest BCUT2D eigenvalue weighted by Gasteiger charge is 2.12. The van der Waals surface area contributed by atoms with Gasteiger partial charge < -0.3 is 9.47 Å². The van der Waals surface area contributed by atoms with Gasteiger partial charge in [-0.05, 0) is 38.5 Å². The minimum Gasteiger partial charge on any atom is -0.462 e. The highest BCUT2D eigenvalue weighted by molar-refractivity contribution is 5.87. The van der Waals surface area contributed by atoms with Crippen molar-refractivity contribution in [3.63, 3.8) is 0 Å². The molecule has 0 spiro atoms. The van der Waals surface area contributed by atoms with Gasteiger partial charge in [0.05, 0.1) is 13.2 Å². The van der Waals surface area contributed by atoms with Crippen molar-refractivity contribution >= 4 is 11.9 Å². The maximum absolute atomic E-state index is 11.2. The van der Waals surface area contributed by atoms with Crippen LogP contribution in [0.2, 0.25) is 0 Å². The molecule has 0 aromatic heterocycles. The molecule has 2 unspecified atom stereocenters. The Morgan fingerprint density at radius 3 is 1.40 bits per heavy atom. The summed E-state index contributed by atoms with van der Waals surface area (Å²) < 4.78 is 10.2. The van der Waals surface area contributed by atoms with Crippen LogP contribution in [0, 0.1) is 11.8 Å². The molecule has 0 amide bonds. The summed E-state index contributed by atoms with van der Waals surface area (Å²) in [7, 11) is 0. The molecule has 0 fully saturated rings. The largest absolute Gasteiger partial charge is 0.462 e. The number of carbonyl (C=O) groups is 2. The Balaban J connectivity index is 3.80. The van der Waals surface area contributed by atoms with Crippen molar-refractivity contribution < 1.29 is 19.1 Å². The molecular formula is C16H26O4. The van der Waals surface area contributed by atoms with Gasteiger partial charge in [0.15, 0.2) is 0 Å². The van der Waals surface area contributed by atoms with Gasteiger partial charge in [-0.3, -0.25) is 0 Å². The first-order chi connectivity index (χ1) is 9.23. The maximum atomic E-state index is 11.2. The predicted molar refractivity (Wildman–Crippen MR) is 79.1 cm³/mol. The maximum Gasteiger partial charge on any atom is 0.333 e. The van der Waals surface area contributed by atoms with E-state index in [0.29, 0.717) is 24.4 Å². The lowest BCUT2D eigenvalue weighted by atomic mass is 9.99. The van der Waals surface area contributed by atoms with Gasteiger partial charge in [-0.1, -0.05) is 27.0 Å². The summed E-state index contributed by atoms with van der Waals surface area (Å²) in [6.07, 6.45) is 1.82. The zero-order valence-electron chi connectivity index (χ0n) is 13.0. The molecule has 0 aromatic carbocycles. The molecule has 0 rings (SSSR count). The molecule has 0 bridgehead atoms. The molecule has 4 nitrogen and oxygen atoms in total. The van der Waals surface area contributed by atoms with Crippen molar-refractivity contribution in [1.29, 1.82) is 0 Å². The zero-order valence-corrected chi connectivity index (χ0v) is 13.0. The molecule has 114 valence electrons. The summed E-state index contributed by atoms with van der Waals surface area (Å²) in [4.78, 5) is 22.5. The molecule has 0 N–H and O–H groups in total. The number of carbonyl (C=O) groups excluding carboxylic acids is 2. The topological polar surface area (TPSA) is 52.6 Å². The van der Waals surface area contributed by atoms with Crippen molar-refractivity contribution in [1.82, 2.24) is 0 Å². The fourth-order valence-corrected chi connectivity index (χ4v) is 1.42. The number of hydrogen-bond donors (Lipinski definition) is 0. The molecule has 0 aromatic rings. The molecule has 0 heterocycles. The van der Waals surface area contributed by atoms with E-state index in [1.54, 1.807) is 13.8 Å². The highest BCUT2D eigenvalue weighted by atomic mass is 16.5. The Morgan fingerprint density at radius 2 is 1.15 bits per heavy atom. The van der Waals surface area contributed by atoms with Crippen LogP contribution in [0.15, 0.2) is 24.3 Å². The van der Waals surface area contributed by atoms with Crippen LogP contribution in [-0.2, 0) is 19.1 Å². The van der Waals surface area contributed by atoms with Crippen LogP contribution in [0.4, 0.5) is 0 Å². The van der Waals surface area contributed by atoms with E-state index in [-0.39, 0.29) is 23.8 Å². The van der Waals surface area contributed by atoms with E-state index in [1.165, 1.54) is 0 Å². The van der Waals surface area contributed by atoms with E-state index in [2.05, 4.69) is 13.2 Å². The quantitative estimate of drug-likeness (QED) is 0.481. The van der Waals surface area contributed by atoms with Crippen molar-refractivity contribution in [3.8, 4) is 0 Å². The Bertz CT molecular complexity index is 335. The summed E-state index contributed by atoms with van der Waals surface area (Å²) >= 11 is 0. The second-order valence-electron chi connectivity index (χ2n) is 5.55. The SMILES string of the molecule is C=C(C)C(=O)OCC(C)CCC(C)COC(=O)C(=C)C. The van der Waals surface area contributed by atoms with Gasteiger partial charge in [-0.25, -0.2) is 9.59 Å². The summed E-state index contributed by atoms with van der Waals surface area (Å²) in [6, 6.07) is 0. The van der Waals surface area contributed by atoms with Crippen LogP contribution < -0.4 is 0 Å². The lowest BCUT2D eigenvalue weighted by molar-refractivity contribution is -0.141. The van der Waals surface area contributed by atoms with Crippen LogP contribution in [-0.4, -0.2) is 25.2 Å². The fourth-order valence-electron chi connectivity index (χ4n) is 1.42. The number of esters is 2. The molecule has 0 aliphatic carbocycles. The van der Waals surface area contributed by atoms with Gasteiger partial charge in [0.2, 0.25) is 0 Å². The van der Waals surface area contributed by atoms with Gasteiger partial charge in [-0.2, -0.15) is 0 Å². The first-order valence-corrected chi connectivity index (χ1v) is 6.89. The molecule has 2 atom stereocenters. The number of hydrogen-bond acceptors (Lipinski definition) is 4. The molecule has 4 heteroatoms. The average Bonchev–Trinajstić information content (AvgIpc) is 2.39. The average molecular weight is 282 g/mol. The summed E-state index contributed by atoms with van der Waals surface area (Å²) in [6.45, 7) is 15.2.